The molecule has 1 rings (SSSR count). The minimum Gasteiger partial charge on any atom is -0.306 e. The molecule has 0 fully saturated rings. The quantitative estimate of drug-likeness (QED) is 0.786. The second-order valence-corrected chi connectivity index (χ2v) is 3.09. The first-order valence-corrected chi connectivity index (χ1v) is 4.40. The van der Waals surface area contributed by atoms with Crippen LogP contribution in [0.5, 0.6) is 0 Å². The molecular weight excluding hydrogens is 181 g/mol. The number of nitrogens with one attached hydrogen (secondary N) is 1. The molecule has 74 valence electrons. The second-order valence-electron chi connectivity index (χ2n) is 3.09. The van der Waals surface area contributed by atoms with Crippen LogP contribution < -0.4 is 5.32 Å². The van der Waals surface area contributed by atoms with Crippen molar-refractivity contribution in [2.45, 2.75) is 19.5 Å². The Morgan fingerprint density at radius 1 is 1.64 bits per heavy atom. The van der Waals surface area contributed by atoms with Crippen LogP contribution >= 0.6 is 0 Å². The molecule has 0 radical (unpaired) electrons. The summed E-state index contributed by atoms with van der Waals surface area (Å²) in [5.74, 6) is 0. The summed E-state index contributed by atoms with van der Waals surface area (Å²) in [5.41, 5.74) is 1.34. The fourth-order valence-corrected chi connectivity index (χ4v) is 0.929. The van der Waals surface area contributed by atoms with Gasteiger partial charge in [0.25, 0.3) is 0 Å². The molecule has 0 saturated heterocycles. The molecule has 3 nitrogen and oxygen atoms in total. The van der Waals surface area contributed by atoms with Crippen molar-refractivity contribution >= 4 is 0 Å². The molecule has 14 heavy (non-hydrogen) atoms. The fraction of sp³-hybridized carbons (Fsp3) is 0.400. The van der Waals surface area contributed by atoms with E-state index in [9.17, 15) is 4.39 Å². The Morgan fingerprint density at radius 2 is 2.43 bits per heavy atom. The van der Waals surface area contributed by atoms with Crippen molar-refractivity contribution < 1.29 is 4.39 Å². The Labute approximate surface area is 82.6 Å². The summed E-state index contributed by atoms with van der Waals surface area (Å²) in [4.78, 5) is 4.05. The lowest BCUT2D eigenvalue weighted by Crippen LogP contribution is -2.27. The van der Waals surface area contributed by atoms with Crippen molar-refractivity contribution in [3.8, 4) is 6.07 Å². The lowest BCUT2D eigenvalue weighted by atomic mass is 10.2. The van der Waals surface area contributed by atoms with Crippen LogP contribution in [0.2, 0.25) is 0 Å². The van der Waals surface area contributed by atoms with Crippen LogP contribution in [0.15, 0.2) is 18.3 Å². The predicted molar refractivity (Wildman–Crippen MR) is 51.2 cm³/mol. The fourth-order valence-electron chi connectivity index (χ4n) is 0.929. The van der Waals surface area contributed by atoms with Crippen molar-refractivity contribution in [2.75, 3.05) is 6.67 Å². The van der Waals surface area contributed by atoms with Gasteiger partial charge in [0, 0.05) is 18.8 Å². The first-order chi connectivity index (χ1) is 6.76. The molecule has 1 N–H and O–H groups in total. The first kappa shape index (κ1) is 10.6. The van der Waals surface area contributed by atoms with E-state index in [4.69, 9.17) is 5.26 Å². The van der Waals surface area contributed by atoms with Crippen LogP contribution in [0.4, 0.5) is 4.39 Å². The number of hydrogen-bond acceptors (Lipinski definition) is 3. The smallest absolute Gasteiger partial charge is 0.104 e. The van der Waals surface area contributed by atoms with Crippen molar-refractivity contribution in [3.05, 3.63) is 29.6 Å². The average Bonchev–Trinajstić information content (AvgIpc) is 2.26. The van der Waals surface area contributed by atoms with Gasteiger partial charge in [0.05, 0.1) is 11.3 Å². The van der Waals surface area contributed by atoms with Gasteiger partial charge < -0.3 is 5.32 Å². The third-order valence-electron chi connectivity index (χ3n) is 1.82. The third kappa shape index (κ3) is 3.11. The number of nitrogens with zero attached hydrogens (tertiary/aromatic N) is 2. The van der Waals surface area contributed by atoms with Gasteiger partial charge in [0.15, 0.2) is 0 Å². The number of rotatable bonds is 4. The third-order valence-corrected chi connectivity index (χ3v) is 1.82. The van der Waals surface area contributed by atoms with E-state index < -0.39 is 6.67 Å². The van der Waals surface area contributed by atoms with Crippen LogP contribution in [0.1, 0.15) is 18.2 Å². The number of aromatic nitrogens is 1. The molecule has 0 aromatic carbocycles. The van der Waals surface area contributed by atoms with Crippen molar-refractivity contribution in [3.63, 3.8) is 0 Å². The van der Waals surface area contributed by atoms with E-state index in [1.54, 1.807) is 19.1 Å². The zero-order valence-electron chi connectivity index (χ0n) is 8.00. The summed E-state index contributed by atoms with van der Waals surface area (Å²) in [6.07, 6.45) is 1.51. The molecule has 0 aliphatic rings. The van der Waals surface area contributed by atoms with E-state index in [0.717, 1.165) is 5.69 Å². The van der Waals surface area contributed by atoms with Crippen molar-refractivity contribution in [1.29, 1.82) is 5.26 Å². The Balaban J connectivity index is 2.49. The standard InChI is InChI=1S/C10H12FN3/c1-8(4-11)13-7-10-3-2-9(5-12)6-14-10/h2-3,6,8,13H,4,7H2,1H3. The Hall–Kier alpha value is -1.47. The molecule has 1 unspecified atom stereocenters. The Kier molecular flexibility index (Phi) is 4.02. The largest absolute Gasteiger partial charge is 0.306 e. The maximum Gasteiger partial charge on any atom is 0.104 e. The molecule has 1 aromatic rings. The minimum absolute atomic E-state index is 0.160. The molecular formula is C10H12FN3. The Morgan fingerprint density at radius 3 is 2.93 bits per heavy atom. The molecule has 0 saturated carbocycles. The van der Waals surface area contributed by atoms with E-state index in [-0.39, 0.29) is 6.04 Å². The highest BCUT2D eigenvalue weighted by molar-refractivity contribution is 5.26. The van der Waals surface area contributed by atoms with Crippen LogP contribution in [-0.4, -0.2) is 17.7 Å². The highest BCUT2D eigenvalue weighted by atomic mass is 19.1. The van der Waals surface area contributed by atoms with E-state index >= 15 is 0 Å². The zero-order valence-corrected chi connectivity index (χ0v) is 8.00. The number of hydrogen-bond donors (Lipinski definition) is 1. The molecule has 0 spiro atoms. The van der Waals surface area contributed by atoms with Gasteiger partial charge in [-0.3, -0.25) is 4.98 Å². The monoisotopic (exact) mass is 193 g/mol. The Bertz CT molecular complexity index is 315. The number of alkyl halides is 1. The maximum atomic E-state index is 12.1. The van der Waals surface area contributed by atoms with Gasteiger partial charge in [0.2, 0.25) is 0 Å². The highest BCUT2D eigenvalue weighted by Crippen LogP contribution is 1.98. The van der Waals surface area contributed by atoms with E-state index in [1.165, 1.54) is 6.20 Å². The molecule has 1 heterocycles. The number of nitriles is 1. The summed E-state index contributed by atoms with van der Waals surface area (Å²) < 4.78 is 12.1. The molecule has 1 atom stereocenters. The van der Waals surface area contributed by atoms with Gasteiger partial charge in [0.1, 0.15) is 12.7 Å². The minimum atomic E-state index is -0.393. The van der Waals surface area contributed by atoms with Gasteiger partial charge in [-0.05, 0) is 19.1 Å². The van der Waals surface area contributed by atoms with Gasteiger partial charge >= 0.3 is 0 Å². The summed E-state index contributed by atoms with van der Waals surface area (Å²) in [7, 11) is 0. The van der Waals surface area contributed by atoms with Crippen LogP contribution in [0.3, 0.4) is 0 Å². The summed E-state index contributed by atoms with van der Waals surface area (Å²) >= 11 is 0. The van der Waals surface area contributed by atoms with E-state index in [1.807, 2.05) is 6.07 Å². The van der Waals surface area contributed by atoms with Crippen LogP contribution in [0.25, 0.3) is 0 Å². The topological polar surface area (TPSA) is 48.7 Å². The molecule has 0 aliphatic carbocycles. The van der Waals surface area contributed by atoms with Crippen molar-refractivity contribution in [1.82, 2.24) is 10.3 Å². The van der Waals surface area contributed by atoms with E-state index in [2.05, 4.69) is 10.3 Å². The van der Waals surface area contributed by atoms with Crippen LogP contribution in [0, 0.1) is 11.3 Å². The van der Waals surface area contributed by atoms with Crippen LogP contribution in [-0.2, 0) is 6.54 Å². The van der Waals surface area contributed by atoms with Gasteiger partial charge in [-0.2, -0.15) is 5.26 Å². The van der Waals surface area contributed by atoms with Gasteiger partial charge in [-0.25, -0.2) is 4.39 Å². The first-order valence-electron chi connectivity index (χ1n) is 4.40. The van der Waals surface area contributed by atoms with Gasteiger partial charge in [-0.15, -0.1) is 0 Å². The molecule has 0 bridgehead atoms. The summed E-state index contributed by atoms with van der Waals surface area (Å²) in [5, 5.41) is 11.5. The molecule has 1 aromatic heterocycles. The average molecular weight is 193 g/mol. The second kappa shape index (κ2) is 5.30. The van der Waals surface area contributed by atoms with Gasteiger partial charge in [-0.1, -0.05) is 0 Å². The summed E-state index contributed by atoms with van der Waals surface area (Å²) in [6, 6.07) is 5.29. The molecule has 0 aliphatic heterocycles. The molecule has 0 amide bonds. The molecule has 4 heteroatoms. The maximum absolute atomic E-state index is 12.1. The normalized spacial score (nSPS) is 12.1. The summed E-state index contributed by atoms with van der Waals surface area (Å²) in [6.45, 7) is 1.90. The highest BCUT2D eigenvalue weighted by Gasteiger charge is 2.00. The zero-order chi connectivity index (χ0) is 10.4. The van der Waals surface area contributed by atoms with Crippen molar-refractivity contribution in [2.24, 2.45) is 0 Å². The SMILES string of the molecule is CC(CF)NCc1ccc(C#N)cn1. The van der Waals surface area contributed by atoms with E-state index in [0.29, 0.717) is 12.1 Å². The lowest BCUT2D eigenvalue weighted by Gasteiger charge is -2.08. The lowest BCUT2D eigenvalue weighted by molar-refractivity contribution is 0.390. The number of pyridine rings is 1. The number of halogens is 1. The predicted octanol–water partition coefficient (Wildman–Crippen LogP) is 1.40.